The van der Waals surface area contributed by atoms with Gasteiger partial charge >= 0.3 is 0 Å². The van der Waals surface area contributed by atoms with E-state index in [1.54, 1.807) is 0 Å². The average molecular weight is 171 g/mol. The molecule has 3 N–H and O–H groups in total. The summed E-state index contributed by atoms with van der Waals surface area (Å²) in [4.78, 5) is 11.0. The van der Waals surface area contributed by atoms with Gasteiger partial charge in [0.15, 0.2) is 0 Å². The highest BCUT2D eigenvalue weighted by atomic mass is 16.1. The minimum atomic E-state index is 0.135. The second kappa shape index (κ2) is 8.53. The summed E-state index contributed by atoms with van der Waals surface area (Å²) in [5.41, 5.74) is 5.32. The van der Waals surface area contributed by atoms with E-state index >= 15 is 0 Å². The molecule has 0 spiro atoms. The molecular formula is C9H19N2O. The van der Waals surface area contributed by atoms with Crippen LogP contribution in [0.25, 0.3) is 0 Å². The van der Waals surface area contributed by atoms with E-state index in [0.29, 0.717) is 13.0 Å². The van der Waals surface area contributed by atoms with Crippen molar-refractivity contribution in [3.05, 3.63) is 6.92 Å². The quantitative estimate of drug-likeness (QED) is 0.558. The molecule has 0 aromatic rings. The van der Waals surface area contributed by atoms with Crippen LogP contribution in [0.2, 0.25) is 0 Å². The van der Waals surface area contributed by atoms with Gasteiger partial charge in [0, 0.05) is 13.0 Å². The molecule has 0 fully saturated rings. The lowest BCUT2D eigenvalue weighted by Crippen LogP contribution is -2.23. The van der Waals surface area contributed by atoms with Crippen LogP contribution >= 0.6 is 0 Å². The first-order valence-corrected chi connectivity index (χ1v) is 4.57. The van der Waals surface area contributed by atoms with Gasteiger partial charge in [-0.2, -0.15) is 0 Å². The highest BCUT2D eigenvalue weighted by Gasteiger charge is 1.98. The van der Waals surface area contributed by atoms with Crippen LogP contribution in [0.1, 0.15) is 32.1 Å². The summed E-state index contributed by atoms with van der Waals surface area (Å²) in [5.74, 6) is 0.135. The Bertz CT molecular complexity index is 115. The third-order valence-electron chi connectivity index (χ3n) is 1.61. The summed E-state index contributed by atoms with van der Waals surface area (Å²) >= 11 is 0. The molecule has 0 atom stereocenters. The van der Waals surface area contributed by atoms with Crippen molar-refractivity contribution >= 4 is 5.91 Å². The van der Waals surface area contributed by atoms with E-state index in [0.717, 1.165) is 32.2 Å². The molecule has 0 saturated carbocycles. The van der Waals surface area contributed by atoms with Gasteiger partial charge < -0.3 is 11.1 Å². The monoisotopic (exact) mass is 171 g/mol. The Hall–Kier alpha value is -0.570. The van der Waals surface area contributed by atoms with Crippen molar-refractivity contribution in [2.45, 2.75) is 32.1 Å². The highest BCUT2D eigenvalue weighted by Crippen LogP contribution is 1.97. The van der Waals surface area contributed by atoms with Crippen LogP contribution < -0.4 is 11.1 Å². The van der Waals surface area contributed by atoms with Crippen LogP contribution in [-0.2, 0) is 4.79 Å². The number of carbonyl (C=O) groups excluding carboxylic acids is 1. The standard InChI is InChI=1S/C9H19N2O/c1-2-8-11-9(12)6-4-3-5-7-10/h1-8,10H2,(H,11,12). The summed E-state index contributed by atoms with van der Waals surface area (Å²) in [6.07, 6.45) is 4.39. The molecule has 0 aliphatic rings. The Morgan fingerprint density at radius 1 is 1.33 bits per heavy atom. The molecule has 0 bridgehead atoms. The summed E-state index contributed by atoms with van der Waals surface area (Å²) in [7, 11) is 0. The second-order valence-electron chi connectivity index (χ2n) is 2.80. The van der Waals surface area contributed by atoms with E-state index in [2.05, 4.69) is 12.2 Å². The molecule has 0 aliphatic heterocycles. The number of nitrogens with one attached hydrogen (secondary N) is 1. The minimum absolute atomic E-state index is 0.135. The summed E-state index contributed by atoms with van der Waals surface area (Å²) in [6, 6.07) is 0. The van der Waals surface area contributed by atoms with Crippen LogP contribution in [0, 0.1) is 6.92 Å². The normalized spacial score (nSPS) is 9.83. The topological polar surface area (TPSA) is 55.1 Å². The lowest BCUT2D eigenvalue weighted by molar-refractivity contribution is -0.121. The number of unbranched alkanes of at least 4 members (excludes halogenated alkanes) is 2. The predicted octanol–water partition coefficient (Wildman–Crippen LogP) is 0.846. The number of nitrogens with two attached hydrogens (primary N) is 1. The van der Waals surface area contributed by atoms with E-state index in [1.165, 1.54) is 0 Å². The fraction of sp³-hybridized carbons (Fsp3) is 0.778. The molecule has 71 valence electrons. The van der Waals surface area contributed by atoms with Crippen molar-refractivity contribution in [1.29, 1.82) is 0 Å². The van der Waals surface area contributed by atoms with Crippen LogP contribution in [0.4, 0.5) is 0 Å². The largest absolute Gasteiger partial charge is 0.356 e. The van der Waals surface area contributed by atoms with Gasteiger partial charge in [-0.1, -0.05) is 13.3 Å². The Labute approximate surface area is 74.7 Å². The number of amides is 1. The van der Waals surface area contributed by atoms with Gasteiger partial charge in [-0.3, -0.25) is 4.79 Å². The van der Waals surface area contributed by atoms with E-state index < -0.39 is 0 Å². The Kier molecular flexibility index (Phi) is 8.12. The molecule has 0 heterocycles. The van der Waals surface area contributed by atoms with Gasteiger partial charge in [0.25, 0.3) is 0 Å². The van der Waals surface area contributed by atoms with Crippen molar-refractivity contribution in [2.24, 2.45) is 5.73 Å². The lowest BCUT2D eigenvalue weighted by atomic mass is 10.2. The number of hydrogen-bond acceptors (Lipinski definition) is 2. The zero-order valence-electron chi connectivity index (χ0n) is 7.64. The molecule has 1 amide bonds. The average Bonchev–Trinajstić information content (AvgIpc) is 2.09. The number of rotatable bonds is 7. The zero-order valence-corrected chi connectivity index (χ0v) is 7.64. The Morgan fingerprint density at radius 3 is 2.67 bits per heavy atom. The fourth-order valence-electron chi connectivity index (χ4n) is 0.923. The zero-order chi connectivity index (χ0) is 9.23. The van der Waals surface area contributed by atoms with Crippen molar-refractivity contribution in [2.75, 3.05) is 13.1 Å². The first-order chi connectivity index (χ1) is 5.81. The number of carbonyl (C=O) groups is 1. The smallest absolute Gasteiger partial charge is 0.219 e. The van der Waals surface area contributed by atoms with Crippen LogP contribution in [-0.4, -0.2) is 19.0 Å². The second-order valence-corrected chi connectivity index (χ2v) is 2.80. The van der Waals surface area contributed by atoms with Gasteiger partial charge in [0.2, 0.25) is 5.91 Å². The molecule has 0 aliphatic carbocycles. The molecule has 0 unspecified atom stereocenters. The summed E-state index contributed by atoms with van der Waals surface area (Å²) in [5, 5.41) is 2.78. The van der Waals surface area contributed by atoms with Gasteiger partial charge in [-0.15, -0.1) is 0 Å². The molecule has 1 radical (unpaired) electrons. The highest BCUT2D eigenvalue weighted by molar-refractivity contribution is 5.75. The predicted molar refractivity (Wildman–Crippen MR) is 50.5 cm³/mol. The van der Waals surface area contributed by atoms with Gasteiger partial charge in [-0.05, 0) is 25.8 Å². The molecule has 0 aromatic carbocycles. The third-order valence-corrected chi connectivity index (χ3v) is 1.61. The van der Waals surface area contributed by atoms with Gasteiger partial charge in [-0.25, -0.2) is 0 Å². The molecule has 0 rings (SSSR count). The molecule has 0 saturated heterocycles. The van der Waals surface area contributed by atoms with Gasteiger partial charge in [0.1, 0.15) is 0 Å². The molecular weight excluding hydrogens is 152 g/mol. The maximum atomic E-state index is 11.0. The van der Waals surface area contributed by atoms with Crippen molar-refractivity contribution in [3.63, 3.8) is 0 Å². The lowest BCUT2D eigenvalue weighted by Gasteiger charge is -2.02. The molecule has 0 aromatic heterocycles. The first-order valence-electron chi connectivity index (χ1n) is 4.57. The SMILES string of the molecule is [CH2]CCNC(=O)CCCCCN. The summed E-state index contributed by atoms with van der Waals surface area (Å²) < 4.78 is 0. The minimum Gasteiger partial charge on any atom is -0.356 e. The molecule has 12 heavy (non-hydrogen) atoms. The molecule has 3 nitrogen and oxygen atoms in total. The van der Waals surface area contributed by atoms with Crippen LogP contribution in [0.15, 0.2) is 0 Å². The first kappa shape index (κ1) is 11.4. The van der Waals surface area contributed by atoms with E-state index in [9.17, 15) is 4.79 Å². The Morgan fingerprint density at radius 2 is 2.08 bits per heavy atom. The fourth-order valence-corrected chi connectivity index (χ4v) is 0.923. The maximum absolute atomic E-state index is 11.0. The summed E-state index contributed by atoms with van der Waals surface area (Å²) in [6.45, 7) is 5.05. The Balaban J connectivity index is 3.08. The van der Waals surface area contributed by atoms with Gasteiger partial charge in [0.05, 0.1) is 0 Å². The van der Waals surface area contributed by atoms with E-state index in [4.69, 9.17) is 5.73 Å². The molecule has 3 heteroatoms. The van der Waals surface area contributed by atoms with Crippen LogP contribution in [0.3, 0.4) is 0 Å². The van der Waals surface area contributed by atoms with Crippen molar-refractivity contribution in [3.8, 4) is 0 Å². The van der Waals surface area contributed by atoms with Crippen molar-refractivity contribution < 1.29 is 4.79 Å². The van der Waals surface area contributed by atoms with Crippen LogP contribution in [0.5, 0.6) is 0 Å². The van der Waals surface area contributed by atoms with Crippen molar-refractivity contribution in [1.82, 2.24) is 5.32 Å². The van der Waals surface area contributed by atoms with E-state index in [-0.39, 0.29) is 5.91 Å². The van der Waals surface area contributed by atoms with E-state index in [1.807, 2.05) is 0 Å². The maximum Gasteiger partial charge on any atom is 0.219 e. The number of hydrogen-bond donors (Lipinski definition) is 2. The third kappa shape index (κ3) is 7.54.